The molecule has 0 bridgehead atoms. The smallest absolute Gasteiger partial charge is 0.136 e. The molecule has 3 heteroatoms. The van der Waals surface area contributed by atoms with E-state index in [1.54, 1.807) is 0 Å². The highest BCUT2D eigenvalue weighted by atomic mass is 79.9. The summed E-state index contributed by atoms with van der Waals surface area (Å²) < 4.78 is 7.12. The van der Waals surface area contributed by atoms with Crippen LogP contribution in [0.4, 0.5) is 0 Å². The molecule has 2 rings (SSSR count). The Kier molecular flexibility index (Phi) is 4.57. The van der Waals surface area contributed by atoms with Gasteiger partial charge >= 0.3 is 0 Å². The molecular formula is C16H24BrNO. The minimum Gasteiger partial charge on any atom is -0.492 e. The van der Waals surface area contributed by atoms with Crippen molar-refractivity contribution < 1.29 is 4.74 Å². The van der Waals surface area contributed by atoms with Gasteiger partial charge in [0.2, 0.25) is 0 Å². The fraction of sp³-hybridized carbons (Fsp3) is 0.625. The van der Waals surface area contributed by atoms with Gasteiger partial charge in [0.05, 0.1) is 11.1 Å². The molecule has 1 aliphatic rings. The molecule has 0 radical (unpaired) electrons. The lowest BCUT2D eigenvalue weighted by molar-refractivity contribution is 0.178. The molecule has 2 nitrogen and oxygen atoms in total. The standard InChI is InChI=1S/C16H24BrNO/c1-11-7-13(9-16(2,3)18)15(14(17)8-11)19-10-12-5-4-6-12/h7-8,12H,4-6,9-10,18H2,1-3H3. The van der Waals surface area contributed by atoms with Crippen LogP contribution in [0, 0.1) is 12.8 Å². The molecule has 0 spiro atoms. The van der Waals surface area contributed by atoms with Gasteiger partial charge in [-0.1, -0.05) is 12.5 Å². The van der Waals surface area contributed by atoms with Crippen LogP contribution in [0.25, 0.3) is 0 Å². The summed E-state index contributed by atoms with van der Waals surface area (Å²) in [6, 6.07) is 4.30. The summed E-state index contributed by atoms with van der Waals surface area (Å²) in [5, 5.41) is 0. The number of rotatable bonds is 5. The summed E-state index contributed by atoms with van der Waals surface area (Å²) in [6.07, 6.45) is 4.79. The minimum atomic E-state index is -0.220. The van der Waals surface area contributed by atoms with E-state index in [4.69, 9.17) is 10.5 Å². The van der Waals surface area contributed by atoms with Crippen LogP contribution < -0.4 is 10.5 Å². The second-order valence-electron chi connectivity index (χ2n) is 6.51. The van der Waals surface area contributed by atoms with Crippen LogP contribution in [0.1, 0.15) is 44.2 Å². The van der Waals surface area contributed by atoms with Gasteiger partial charge in [-0.05, 0) is 79.1 Å². The first-order chi connectivity index (χ1) is 8.85. The first kappa shape index (κ1) is 14.9. The fourth-order valence-electron chi connectivity index (χ4n) is 2.45. The maximum absolute atomic E-state index is 6.16. The Balaban J connectivity index is 2.17. The Morgan fingerprint density at radius 2 is 2.05 bits per heavy atom. The normalized spacial score (nSPS) is 16.3. The first-order valence-electron chi connectivity index (χ1n) is 7.06. The quantitative estimate of drug-likeness (QED) is 0.879. The summed E-state index contributed by atoms with van der Waals surface area (Å²) in [5.74, 6) is 1.72. The SMILES string of the molecule is Cc1cc(Br)c(OCC2CCC2)c(CC(C)(C)N)c1. The second kappa shape index (κ2) is 5.84. The molecule has 1 aromatic carbocycles. The van der Waals surface area contributed by atoms with Gasteiger partial charge in [0.25, 0.3) is 0 Å². The van der Waals surface area contributed by atoms with Gasteiger partial charge < -0.3 is 10.5 Å². The highest BCUT2D eigenvalue weighted by Gasteiger charge is 2.21. The average Bonchev–Trinajstić information content (AvgIpc) is 2.16. The van der Waals surface area contributed by atoms with Crippen molar-refractivity contribution >= 4 is 15.9 Å². The minimum absolute atomic E-state index is 0.220. The molecule has 0 unspecified atom stereocenters. The first-order valence-corrected chi connectivity index (χ1v) is 7.85. The highest BCUT2D eigenvalue weighted by molar-refractivity contribution is 9.10. The van der Waals surface area contributed by atoms with Gasteiger partial charge in [-0.25, -0.2) is 0 Å². The van der Waals surface area contributed by atoms with Crippen molar-refractivity contribution in [3.05, 3.63) is 27.7 Å². The zero-order chi connectivity index (χ0) is 14.0. The van der Waals surface area contributed by atoms with Gasteiger partial charge in [-0.15, -0.1) is 0 Å². The zero-order valence-electron chi connectivity index (χ0n) is 12.1. The van der Waals surface area contributed by atoms with Gasteiger partial charge in [0.1, 0.15) is 5.75 Å². The molecule has 2 N–H and O–H groups in total. The van der Waals surface area contributed by atoms with Crippen molar-refractivity contribution in [1.29, 1.82) is 0 Å². The summed E-state index contributed by atoms with van der Waals surface area (Å²) in [4.78, 5) is 0. The van der Waals surface area contributed by atoms with Crippen LogP contribution in [-0.2, 0) is 6.42 Å². The van der Waals surface area contributed by atoms with Gasteiger partial charge in [-0.3, -0.25) is 0 Å². The molecule has 0 aromatic heterocycles. The predicted molar refractivity (Wildman–Crippen MR) is 83.7 cm³/mol. The van der Waals surface area contributed by atoms with Crippen molar-refractivity contribution in [3.63, 3.8) is 0 Å². The number of hydrogen-bond acceptors (Lipinski definition) is 2. The maximum atomic E-state index is 6.16. The third-order valence-corrected chi connectivity index (χ3v) is 4.19. The summed E-state index contributed by atoms with van der Waals surface area (Å²) in [7, 11) is 0. The maximum Gasteiger partial charge on any atom is 0.136 e. The molecule has 1 aromatic rings. The van der Waals surface area contributed by atoms with E-state index in [1.165, 1.54) is 30.4 Å². The Morgan fingerprint density at radius 1 is 1.37 bits per heavy atom. The van der Waals surface area contributed by atoms with Crippen molar-refractivity contribution in [2.75, 3.05) is 6.61 Å². The molecule has 1 aliphatic carbocycles. The van der Waals surface area contributed by atoms with E-state index in [0.29, 0.717) is 0 Å². The van der Waals surface area contributed by atoms with E-state index in [-0.39, 0.29) is 5.54 Å². The van der Waals surface area contributed by atoms with Crippen LogP contribution in [-0.4, -0.2) is 12.1 Å². The average molecular weight is 326 g/mol. The highest BCUT2D eigenvalue weighted by Crippen LogP contribution is 2.34. The molecule has 1 fully saturated rings. The van der Waals surface area contributed by atoms with E-state index < -0.39 is 0 Å². The van der Waals surface area contributed by atoms with Gasteiger partial charge in [-0.2, -0.15) is 0 Å². The topological polar surface area (TPSA) is 35.2 Å². The summed E-state index contributed by atoms with van der Waals surface area (Å²) in [5.41, 5.74) is 8.38. The molecule has 0 aliphatic heterocycles. The number of ether oxygens (including phenoxy) is 1. The summed E-state index contributed by atoms with van der Waals surface area (Å²) in [6.45, 7) is 7.05. The van der Waals surface area contributed by atoms with E-state index in [2.05, 4.69) is 48.8 Å². The van der Waals surface area contributed by atoms with Gasteiger partial charge in [0, 0.05) is 5.54 Å². The van der Waals surface area contributed by atoms with Crippen molar-refractivity contribution in [2.24, 2.45) is 11.7 Å². The molecule has 106 valence electrons. The fourth-order valence-corrected chi connectivity index (χ4v) is 3.18. The third kappa shape index (κ3) is 4.22. The lowest BCUT2D eigenvalue weighted by atomic mass is 9.86. The lowest BCUT2D eigenvalue weighted by Crippen LogP contribution is -2.34. The van der Waals surface area contributed by atoms with E-state index in [9.17, 15) is 0 Å². The van der Waals surface area contributed by atoms with Crippen LogP contribution in [0.5, 0.6) is 5.75 Å². The Morgan fingerprint density at radius 3 is 2.58 bits per heavy atom. The number of benzene rings is 1. The van der Waals surface area contributed by atoms with E-state index in [1.807, 2.05) is 0 Å². The number of halogens is 1. The summed E-state index contributed by atoms with van der Waals surface area (Å²) >= 11 is 3.63. The Bertz CT molecular complexity index is 447. The molecule has 0 saturated heterocycles. The Labute approximate surface area is 124 Å². The number of hydrogen-bond donors (Lipinski definition) is 1. The zero-order valence-corrected chi connectivity index (χ0v) is 13.7. The Hall–Kier alpha value is -0.540. The van der Waals surface area contributed by atoms with E-state index >= 15 is 0 Å². The van der Waals surface area contributed by atoms with Crippen molar-refractivity contribution in [1.82, 2.24) is 0 Å². The van der Waals surface area contributed by atoms with Crippen LogP contribution in [0.2, 0.25) is 0 Å². The lowest BCUT2D eigenvalue weighted by Gasteiger charge is -2.27. The predicted octanol–water partition coefficient (Wildman–Crippen LogP) is 4.22. The largest absolute Gasteiger partial charge is 0.492 e. The number of nitrogens with two attached hydrogens (primary N) is 1. The molecule has 0 amide bonds. The van der Waals surface area contributed by atoms with Crippen LogP contribution in [0.15, 0.2) is 16.6 Å². The molecular weight excluding hydrogens is 302 g/mol. The second-order valence-corrected chi connectivity index (χ2v) is 7.36. The monoisotopic (exact) mass is 325 g/mol. The van der Waals surface area contributed by atoms with Gasteiger partial charge in [0.15, 0.2) is 0 Å². The molecule has 0 atom stereocenters. The van der Waals surface area contributed by atoms with Crippen molar-refractivity contribution in [3.8, 4) is 5.75 Å². The van der Waals surface area contributed by atoms with Crippen molar-refractivity contribution in [2.45, 2.75) is 52.0 Å². The molecule has 0 heterocycles. The third-order valence-electron chi connectivity index (χ3n) is 3.60. The molecule has 1 saturated carbocycles. The van der Waals surface area contributed by atoms with E-state index in [0.717, 1.165) is 29.2 Å². The molecule has 19 heavy (non-hydrogen) atoms. The number of aryl methyl sites for hydroxylation is 1. The van der Waals surface area contributed by atoms with Crippen LogP contribution in [0.3, 0.4) is 0 Å². The van der Waals surface area contributed by atoms with Crippen LogP contribution >= 0.6 is 15.9 Å².